The van der Waals surface area contributed by atoms with E-state index in [1.165, 1.54) is 0 Å². The van der Waals surface area contributed by atoms with Crippen LogP contribution in [0.3, 0.4) is 0 Å². The Morgan fingerprint density at radius 1 is 0.893 bits per heavy atom. The predicted molar refractivity (Wildman–Crippen MR) is 105 cm³/mol. The summed E-state index contributed by atoms with van der Waals surface area (Å²) in [4.78, 5) is 33.5. The molecular weight excluding hydrogens is 356 g/mol. The Morgan fingerprint density at radius 2 is 1.46 bits per heavy atom. The molecule has 0 aliphatic carbocycles. The molecule has 6 heteroatoms. The number of esters is 2. The lowest BCUT2D eigenvalue weighted by molar-refractivity contribution is -0.162. The molecule has 0 amide bonds. The van der Waals surface area contributed by atoms with Crippen molar-refractivity contribution in [1.82, 2.24) is 9.97 Å². The molecule has 2 aromatic heterocycles. The molecule has 0 aliphatic rings. The van der Waals surface area contributed by atoms with Crippen LogP contribution >= 0.6 is 0 Å². The van der Waals surface area contributed by atoms with E-state index in [9.17, 15) is 9.59 Å². The van der Waals surface area contributed by atoms with E-state index in [0.717, 1.165) is 19.3 Å². The second kappa shape index (κ2) is 11.8. The van der Waals surface area contributed by atoms with Crippen molar-refractivity contribution < 1.29 is 19.1 Å². The zero-order chi connectivity index (χ0) is 20.2. The van der Waals surface area contributed by atoms with Crippen molar-refractivity contribution in [2.75, 3.05) is 0 Å². The van der Waals surface area contributed by atoms with Crippen LogP contribution in [-0.4, -0.2) is 21.9 Å². The summed E-state index contributed by atoms with van der Waals surface area (Å²) >= 11 is 0. The van der Waals surface area contributed by atoms with Crippen molar-refractivity contribution in [2.45, 2.75) is 52.7 Å². The van der Waals surface area contributed by atoms with Gasteiger partial charge in [-0.05, 0) is 30.7 Å². The quantitative estimate of drug-likeness (QED) is 0.429. The first-order valence-corrected chi connectivity index (χ1v) is 9.75. The molecule has 2 rings (SSSR count). The second-order valence-corrected chi connectivity index (χ2v) is 6.75. The highest BCUT2D eigenvalue weighted by Crippen LogP contribution is 2.23. The summed E-state index contributed by atoms with van der Waals surface area (Å²) in [6.07, 6.45) is 6.79. The average molecular weight is 384 g/mol. The summed E-state index contributed by atoms with van der Waals surface area (Å²) in [5.41, 5.74) is 1.34. The zero-order valence-electron chi connectivity index (χ0n) is 16.5. The SMILES string of the molecule is CCCCCC(C(=O)OCc1ccccn1)C(C)C(=O)OCc1ccccn1. The fourth-order valence-electron chi connectivity index (χ4n) is 2.85. The number of nitrogens with zero attached hydrogens (tertiary/aromatic N) is 2. The van der Waals surface area contributed by atoms with Gasteiger partial charge in [-0.3, -0.25) is 19.6 Å². The van der Waals surface area contributed by atoms with Crippen LogP contribution in [-0.2, 0) is 32.3 Å². The number of hydrogen-bond donors (Lipinski definition) is 0. The van der Waals surface area contributed by atoms with Crippen molar-refractivity contribution in [2.24, 2.45) is 11.8 Å². The molecule has 2 atom stereocenters. The number of aromatic nitrogens is 2. The van der Waals surface area contributed by atoms with Gasteiger partial charge in [0.05, 0.1) is 23.2 Å². The van der Waals surface area contributed by atoms with E-state index in [1.807, 2.05) is 12.1 Å². The topological polar surface area (TPSA) is 78.4 Å². The summed E-state index contributed by atoms with van der Waals surface area (Å²) in [5, 5.41) is 0. The van der Waals surface area contributed by atoms with E-state index in [1.54, 1.807) is 43.6 Å². The number of pyridine rings is 2. The van der Waals surface area contributed by atoms with Crippen LogP contribution in [0.1, 0.15) is 50.9 Å². The van der Waals surface area contributed by atoms with Crippen molar-refractivity contribution >= 4 is 11.9 Å². The minimum atomic E-state index is -0.586. The van der Waals surface area contributed by atoms with Gasteiger partial charge in [0.2, 0.25) is 0 Å². The molecule has 0 bridgehead atoms. The Bertz CT molecular complexity index is 722. The average Bonchev–Trinajstić information content (AvgIpc) is 2.74. The van der Waals surface area contributed by atoms with Gasteiger partial charge in [-0.15, -0.1) is 0 Å². The molecule has 2 unspecified atom stereocenters. The molecule has 0 aliphatic heterocycles. The summed E-state index contributed by atoms with van der Waals surface area (Å²) in [6, 6.07) is 10.9. The van der Waals surface area contributed by atoms with Gasteiger partial charge in [-0.1, -0.05) is 45.2 Å². The minimum Gasteiger partial charge on any atom is -0.459 e. The van der Waals surface area contributed by atoms with Gasteiger partial charge in [0.1, 0.15) is 13.2 Å². The van der Waals surface area contributed by atoms with Crippen LogP contribution in [0, 0.1) is 11.8 Å². The second-order valence-electron chi connectivity index (χ2n) is 6.75. The van der Waals surface area contributed by atoms with Gasteiger partial charge in [0.25, 0.3) is 0 Å². The Hall–Kier alpha value is -2.76. The molecule has 6 nitrogen and oxygen atoms in total. The third-order valence-corrected chi connectivity index (χ3v) is 4.57. The number of hydrogen-bond acceptors (Lipinski definition) is 6. The van der Waals surface area contributed by atoms with Crippen LogP contribution < -0.4 is 0 Å². The minimum absolute atomic E-state index is 0.0919. The number of carbonyl (C=O) groups excluding carboxylic acids is 2. The zero-order valence-corrected chi connectivity index (χ0v) is 16.5. The van der Waals surface area contributed by atoms with Crippen LogP contribution in [0.25, 0.3) is 0 Å². The number of ether oxygens (including phenoxy) is 2. The lowest BCUT2D eigenvalue weighted by Gasteiger charge is -2.21. The van der Waals surface area contributed by atoms with E-state index < -0.39 is 17.8 Å². The third kappa shape index (κ3) is 7.10. The first-order chi connectivity index (χ1) is 13.6. The smallest absolute Gasteiger partial charge is 0.310 e. The lowest BCUT2D eigenvalue weighted by Crippen LogP contribution is -2.31. The summed E-state index contributed by atoms with van der Waals surface area (Å²) in [5.74, 6) is -1.92. The van der Waals surface area contributed by atoms with Gasteiger partial charge in [0.15, 0.2) is 0 Å². The van der Waals surface area contributed by atoms with Crippen molar-refractivity contribution in [3.63, 3.8) is 0 Å². The first-order valence-electron chi connectivity index (χ1n) is 9.75. The molecule has 0 fully saturated rings. The van der Waals surface area contributed by atoms with E-state index in [4.69, 9.17) is 9.47 Å². The maximum absolute atomic E-state index is 12.7. The molecule has 0 spiro atoms. The van der Waals surface area contributed by atoms with E-state index in [-0.39, 0.29) is 19.2 Å². The molecule has 0 saturated carbocycles. The van der Waals surface area contributed by atoms with Crippen LogP contribution in [0.2, 0.25) is 0 Å². The molecule has 150 valence electrons. The molecule has 0 radical (unpaired) electrons. The third-order valence-electron chi connectivity index (χ3n) is 4.57. The van der Waals surface area contributed by atoms with Crippen molar-refractivity contribution in [3.8, 4) is 0 Å². The Labute approximate surface area is 166 Å². The first kappa shape index (κ1) is 21.5. The summed E-state index contributed by atoms with van der Waals surface area (Å²) in [7, 11) is 0. The fraction of sp³-hybridized carbons (Fsp3) is 0.455. The van der Waals surface area contributed by atoms with Crippen molar-refractivity contribution in [3.05, 3.63) is 60.2 Å². The molecule has 28 heavy (non-hydrogen) atoms. The maximum atomic E-state index is 12.7. The van der Waals surface area contributed by atoms with Gasteiger partial charge in [0, 0.05) is 12.4 Å². The van der Waals surface area contributed by atoms with Gasteiger partial charge < -0.3 is 9.47 Å². The number of unbranched alkanes of at least 4 members (excludes halogenated alkanes) is 2. The highest BCUT2D eigenvalue weighted by atomic mass is 16.5. The Morgan fingerprint density at radius 3 is 1.96 bits per heavy atom. The highest BCUT2D eigenvalue weighted by Gasteiger charge is 2.32. The summed E-state index contributed by atoms with van der Waals surface area (Å²) < 4.78 is 10.8. The molecule has 2 heterocycles. The maximum Gasteiger partial charge on any atom is 0.310 e. The fourth-order valence-corrected chi connectivity index (χ4v) is 2.85. The largest absolute Gasteiger partial charge is 0.459 e. The molecule has 0 aromatic carbocycles. The van der Waals surface area contributed by atoms with Gasteiger partial charge in [-0.2, -0.15) is 0 Å². The molecule has 0 N–H and O–H groups in total. The molecule has 0 saturated heterocycles. The molecular formula is C22H28N2O4. The lowest BCUT2D eigenvalue weighted by atomic mass is 9.89. The van der Waals surface area contributed by atoms with Crippen LogP contribution in [0.15, 0.2) is 48.8 Å². The Balaban J connectivity index is 1.94. The Kier molecular flexibility index (Phi) is 9.11. The van der Waals surface area contributed by atoms with Gasteiger partial charge in [-0.25, -0.2) is 0 Å². The predicted octanol–water partition coefficient (Wildman–Crippen LogP) is 4.10. The van der Waals surface area contributed by atoms with Crippen LogP contribution in [0.4, 0.5) is 0 Å². The number of carbonyl (C=O) groups is 2. The normalized spacial score (nSPS) is 12.8. The van der Waals surface area contributed by atoms with E-state index in [2.05, 4.69) is 16.9 Å². The van der Waals surface area contributed by atoms with Crippen molar-refractivity contribution in [1.29, 1.82) is 0 Å². The standard InChI is InChI=1S/C22H28N2O4/c1-3-4-5-12-20(22(26)28-16-19-11-7-9-14-24-19)17(2)21(25)27-15-18-10-6-8-13-23-18/h6-11,13-14,17,20H,3-5,12,15-16H2,1-2H3. The highest BCUT2D eigenvalue weighted by molar-refractivity contribution is 5.81. The van der Waals surface area contributed by atoms with E-state index >= 15 is 0 Å². The monoisotopic (exact) mass is 384 g/mol. The van der Waals surface area contributed by atoms with Gasteiger partial charge >= 0.3 is 11.9 Å². The molecule has 2 aromatic rings. The summed E-state index contributed by atoms with van der Waals surface area (Å²) in [6.45, 7) is 4.01. The van der Waals surface area contributed by atoms with Crippen LogP contribution in [0.5, 0.6) is 0 Å². The van der Waals surface area contributed by atoms with E-state index in [0.29, 0.717) is 17.8 Å². The number of rotatable bonds is 11.